The van der Waals surface area contributed by atoms with Gasteiger partial charge in [-0.05, 0) is 0 Å². The molecule has 0 saturated carbocycles. The monoisotopic (exact) mass is 572 g/mol. The van der Waals surface area contributed by atoms with Crippen molar-refractivity contribution in [3.63, 3.8) is 0 Å². The summed E-state index contributed by atoms with van der Waals surface area (Å²) in [6.07, 6.45) is 2.60. The van der Waals surface area contributed by atoms with Gasteiger partial charge in [-0.2, -0.15) is 0 Å². The Labute approximate surface area is 195 Å². The first-order valence-corrected chi connectivity index (χ1v) is 10.9. The second-order valence-electron chi connectivity index (χ2n) is 5.73. The molecule has 144 valence electrons. The van der Waals surface area contributed by atoms with Crippen LogP contribution in [0.25, 0.3) is 0 Å². The molecule has 0 aromatic heterocycles. The third-order valence-corrected chi connectivity index (χ3v) is 7.13. The summed E-state index contributed by atoms with van der Waals surface area (Å²) in [7, 11) is 0. The standard InChI is InChI=1S/2C10H13NO.2BrH.Zr/c2*1-2-6-10(12)11-9-7-4-3-5-8-9;;;/h2*3-5,7-8H,2,6H2,1H3,(H,11,12);2*1H;/q;;;;+4/p-4. The van der Waals surface area contributed by atoms with Crippen molar-refractivity contribution in [3.05, 3.63) is 60.7 Å². The zero-order valence-corrected chi connectivity index (χ0v) is 21.2. The van der Waals surface area contributed by atoms with E-state index in [0.29, 0.717) is 12.8 Å². The smallest absolute Gasteiger partial charge is 1.00 e. The van der Waals surface area contributed by atoms with Crippen LogP contribution in [0.2, 0.25) is 0 Å². The molecule has 0 unspecified atom stereocenters. The van der Waals surface area contributed by atoms with Crippen LogP contribution in [0.3, 0.4) is 0 Å². The quantitative estimate of drug-likeness (QED) is 0.388. The molecule has 0 heterocycles. The number of hydrogen-bond acceptors (Lipinski definition) is 2. The number of carbonyl (C=O) groups excluding carboxylic acids is 2. The third-order valence-electron chi connectivity index (χ3n) is 3.66. The molecule has 2 rings (SSSR count). The summed E-state index contributed by atoms with van der Waals surface area (Å²) in [6.45, 7) is 4.01. The molecule has 0 saturated heterocycles. The molecule has 2 amide bonds. The molecule has 2 aromatic carbocycles. The molecule has 4 nitrogen and oxygen atoms in total. The number of halogens is 2. The van der Waals surface area contributed by atoms with Crippen molar-refractivity contribution in [1.82, 2.24) is 0 Å². The summed E-state index contributed by atoms with van der Waals surface area (Å²) >= 11 is -1.67. The van der Waals surface area contributed by atoms with Crippen LogP contribution in [-0.2, 0) is 33.4 Å². The maximum atomic E-state index is 12.7. The van der Waals surface area contributed by atoms with Gasteiger partial charge in [-0.3, -0.25) is 0 Å². The number of anilines is 2. The van der Waals surface area contributed by atoms with Gasteiger partial charge in [-0.25, -0.2) is 0 Å². The van der Waals surface area contributed by atoms with Gasteiger partial charge in [0, 0.05) is 0 Å². The maximum Gasteiger partial charge on any atom is -1.00 e. The number of rotatable bonds is 8. The van der Waals surface area contributed by atoms with Crippen LogP contribution in [0.4, 0.5) is 11.4 Å². The predicted molar refractivity (Wildman–Crippen MR) is 97.7 cm³/mol. The molecule has 0 aliphatic heterocycles. The van der Waals surface area contributed by atoms with Crippen LogP contribution in [0.5, 0.6) is 0 Å². The molecule has 0 bridgehead atoms. The van der Waals surface area contributed by atoms with Gasteiger partial charge < -0.3 is 34.0 Å². The Morgan fingerprint density at radius 3 is 1.33 bits per heavy atom. The van der Waals surface area contributed by atoms with Crippen molar-refractivity contribution in [3.8, 4) is 0 Å². The summed E-state index contributed by atoms with van der Waals surface area (Å²) in [5, 5.41) is 0. The van der Waals surface area contributed by atoms with Crippen molar-refractivity contribution >= 4 is 23.2 Å². The normalized spacial score (nSPS) is 9.26. The Balaban J connectivity index is 0.00000338. The fourth-order valence-electron chi connectivity index (χ4n) is 2.42. The summed E-state index contributed by atoms with van der Waals surface area (Å²) in [5.41, 5.74) is 1.77. The molecule has 0 spiro atoms. The van der Waals surface area contributed by atoms with E-state index in [1.165, 1.54) is 0 Å². The van der Waals surface area contributed by atoms with Gasteiger partial charge in [-0.15, -0.1) is 0 Å². The van der Waals surface area contributed by atoms with E-state index < -0.39 is 23.8 Å². The van der Waals surface area contributed by atoms with Gasteiger partial charge >= 0.3 is 162 Å². The summed E-state index contributed by atoms with van der Waals surface area (Å²) < 4.78 is 3.74. The zero-order valence-electron chi connectivity index (χ0n) is 15.6. The SMILES string of the molecule is CCCC(=O)[N]([Zr+2][N](C(=O)CCC)c1ccccc1)c1ccccc1.[Br-].[Br-]. The Bertz CT molecular complexity index is 627. The van der Waals surface area contributed by atoms with E-state index in [9.17, 15) is 9.59 Å². The zero-order chi connectivity index (χ0) is 18.1. The van der Waals surface area contributed by atoms with E-state index in [-0.39, 0.29) is 45.8 Å². The van der Waals surface area contributed by atoms with Gasteiger partial charge in [0.25, 0.3) is 0 Å². The summed E-state index contributed by atoms with van der Waals surface area (Å²) in [4.78, 5) is 25.4. The average molecular weight is 575 g/mol. The van der Waals surface area contributed by atoms with Gasteiger partial charge in [0.15, 0.2) is 0 Å². The molecule has 0 radical (unpaired) electrons. The third kappa shape index (κ3) is 8.00. The second kappa shape index (κ2) is 14.3. The van der Waals surface area contributed by atoms with Gasteiger partial charge in [0.1, 0.15) is 0 Å². The van der Waals surface area contributed by atoms with E-state index in [1.54, 1.807) is 0 Å². The van der Waals surface area contributed by atoms with Gasteiger partial charge in [-0.1, -0.05) is 0 Å². The Kier molecular flexibility index (Phi) is 13.8. The maximum absolute atomic E-state index is 12.7. The van der Waals surface area contributed by atoms with Crippen LogP contribution in [0.1, 0.15) is 39.5 Å². The first-order valence-electron chi connectivity index (χ1n) is 8.69. The molecule has 0 N–H and O–H groups in total. The number of carbonyl (C=O) groups is 2. The van der Waals surface area contributed by atoms with E-state index >= 15 is 0 Å². The first kappa shape index (κ1) is 26.2. The number of amides is 2. The topological polar surface area (TPSA) is 40.6 Å². The molecule has 0 aliphatic carbocycles. The van der Waals surface area contributed by atoms with Crippen molar-refractivity contribution in [2.45, 2.75) is 39.5 Å². The Hall–Kier alpha value is -0.777. The number of nitrogens with zero attached hydrogens (tertiary/aromatic N) is 2. The molecule has 0 atom stereocenters. The second-order valence-corrected chi connectivity index (χ2v) is 8.42. The van der Waals surface area contributed by atoms with Crippen LogP contribution in [0, 0.1) is 0 Å². The molecule has 7 heteroatoms. The van der Waals surface area contributed by atoms with E-state index in [4.69, 9.17) is 0 Å². The number of benzene rings is 2. The molecule has 27 heavy (non-hydrogen) atoms. The minimum Gasteiger partial charge on any atom is -1.00 e. The molecule has 0 aliphatic rings. The van der Waals surface area contributed by atoms with Crippen LogP contribution in [-0.4, -0.2) is 11.8 Å². The van der Waals surface area contributed by atoms with Crippen molar-refractivity contribution in [2.24, 2.45) is 0 Å². The fraction of sp³-hybridized carbons (Fsp3) is 0.300. The van der Waals surface area contributed by atoms with Crippen molar-refractivity contribution in [1.29, 1.82) is 0 Å². The summed E-state index contributed by atoms with van der Waals surface area (Å²) in [5.74, 6) is 0.205. The fourth-order valence-corrected chi connectivity index (χ4v) is 5.31. The van der Waals surface area contributed by atoms with E-state index in [1.807, 2.05) is 80.2 Å². The first-order chi connectivity index (χ1) is 12.2. The van der Waals surface area contributed by atoms with Crippen molar-refractivity contribution < 1.29 is 67.4 Å². The van der Waals surface area contributed by atoms with Crippen LogP contribution >= 0.6 is 0 Å². The van der Waals surface area contributed by atoms with Gasteiger partial charge in [0.2, 0.25) is 0 Å². The Morgan fingerprint density at radius 1 is 0.704 bits per heavy atom. The van der Waals surface area contributed by atoms with Crippen LogP contribution in [0.15, 0.2) is 60.7 Å². The van der Waals surface area contributed by atoms with Crippen LogP contribution < -0.4 is 39.7 Å². The molecule has 0 fully saturated rings. The number of hydrogen-bond donors (Lipinski definition) is 0. The summed E-state index contributed by atoms with van der Waals surface area (Å²) in [6, 6.07) is 19.4. The van der Waals surface area contributed by atoms with E-state index in [0.717, 1.165) is 24.2 Å². The van der Waals surface area contributed by atoms with Crippen molar-refractivity contribution in [2.75, 3.05) is 5.69 Å². The number of para-hydroxylation sites is 2. The molecular formula is C20H24Br2N2O2Zr. The minimum absolute atomic E-state index is 0. The van der Waals surface area contributed by atoms with Gasteiger partial charge in [0.05, 0.1) is 0 Å². The van der Waals surface area contributed by atoms with E-state index in [2.05, 4.69) is 0 Å². The largest absolute Gasteiger partial charge is 1.00 e. The molecular weight excluding hydrogens is 551 g/mol. The molecule has 2 aromatic rings. The Morgan fingerprint density at radius 2 is 1.04 bits per heavy atom. The average Bonchev–Trinajstić information content (AvgIpc) is 2.64. The minimum atomic E-state index is -1.67. The predicted octanol–water partition coefficient (Wildman–Crippen LogP) is -1.43.